The Morgan fingerprint density at radius 3 is 3.00 bits per heavy atom. The number of carbonyl (C=O) groups is 1. The van der Waals surface area contributed by atoms with E-state index < -0.39 is 11.5 Å². The first kappa shape index (κ1) is 11.1. The standard InChI is InChI=1S/C12H14FNO2/c1-14-12(7-11(15)16)6-5-8-9(12)3-2-4-10(8)13/h2-4,14H,5-7H2,1H3,(H,15,16). The van der Waals surface area contributed by atoms with Gasteiger partial charge in [-0.2, -0.15) is 0 Å². The third-order valence-electron chi connectivity index (χ3n) is 3.37. The number of hydrogen-bond acceptors (Lipinski definition) is 2. The van der Waals surface area contributed by atoms with E-state index in [1.807, 2.05) is 6.07 Å². The Labute approximate surface area is 93.3 Å². The van der Waals surface area contributed by atoms with Crippen molar-refractivity contribution in [2.45, 2.75) is 24.8 Å². The Bertz CT molecular complexity index is 433. The first-order valence-electron chi connectivity index (χ1n) is 5.27. The SMILES string of the molecule is CNC1(CC(=O)O)CCc2c(F)cccc21. The molecule has 1 aliphatic rings. The molecule has 0 amide bonds. The van der Waals surface area contributed by atoms with Crippen molar-refractivity contribution in [3.8, 4) is 0 Å². The molecule has 16 heavy (non-hydrogen) atoms. The van der Waals surface area contributed by atoms with Gasteiger partial charge >= 0.3 is 5.97 Å². The molecule has 0 fully saturated rings. The van der Waals surface area contributed by atoms with Gasteiger partial charge in [0.2, 0.25) is 0 Å². The Balaban J connectivity index is 2.47. The molecule has 1 unspecified atom stereocenters. The Hall–Kier alpha value is -1.42. The zero-order chi connectivity index (χ0) is 11.8. The molecular weight excluding hydrogens is 209 g/mol. The predicted molar refractivity (Wildman–Crippen MR) is 57.7 cm³/mol. The lowest BCUT2D eigenvalue weighted by Crippen LogP contribution is -2.39. The summed E-state index contributed by atoms with van der Waals surface area (Å²) < 4.78 is 13.5. The summed E-state index contributed by atoms with van der Waals surface area (Å²) in [6.45, 7) is 0. The highest BCUT2D eigenvalue weighted by Gasteiger charge is 2.40. The molecule has 4 heteroatoms. The van der Waals surface area contributed by atoms with Crippen LogP contribution in [0.5, 0.6) is 0 Å². The molecule has 86 valence electrons. The third-order valence-corrected chi connectivity index (χ3v) is 3.37. The number of rotatable bonds is 3. The van der Waals surface area contributed by atoms with Crippen molar-refractivity contribution >= 4 is 5.97 Å². The lowest BCUT2D eigenvalue weighted by atomic mass is 9.88. The summed E-state index contributed by atoms with van der Waals surface area (Å²) >= 11 is 0. The molecule has 0 saturated heterocycles. The summed E-state index contributed by atoms with van der Waals surface area (Å²) in [6.07, 6.45) is 1.21. The molecule has 1 atom stereocenters. The molecule has 0 spiro atoms. The Morgan fingerprint density at radius 1 is 1.62 bits per heavy atom. The van der Waals surface area contributed by atoms with Gasteiger partial charge in [0.05, 0.1) is 12.0 Å². The zero-order valence-corrected chi connectivity index (χ0v) is 9.09. The number of fused-ring (bicyclic) bond motifs is 1. The highest BCUT2D eigenvalue weighted by molar-refractivity contribution is 5.69. The molecule has 1 aromatic rings. The van der Waals surface area contributed by atoms with Crippen LogP contribution in [0.3, 0.4) is 0 Å². The molecule has 3 nitrogen and oxygen atoms in total. The lowest BCUT2D eigenvalue weighted by molar-refractivity contribution is -0.138. The van der Waals surface area contributed by atoms with Crippen LogP contribution in [0.15, 0.2) is 18.2 Å². The number of carboxylic acids is 1. The van der Waals surface area contributed by atoms with Crippen LogP contribution in [0.25, 0.3) is 0 Å². The molecule has 1 aromatic carbocycles. The average Bonchev–Trinajstić information content (AvgIpc) is 2.59. The lowest BCUT2D eigenvalue weighted by Gasteiger charge is -2.28. The fourth-order valence-electron chi connectivity index (χ4n) is 2.52. The van der Waals surface area contributed by atoms with E-state index >= 15 is 0 Å². The van der Waals surface area contributed by atoms with Crippen molar-refractivity contribution in [1.29, 1.82) is 0 Å². The van der Waals surface area contributed by atoms with E-state index in [1.165, 1.54) is 6.07 Å². The van der Waals surface area contributed by atoms with E-state index in [0.29, 0.717) is 18.4 Å². The molecule has 0 aliphatic heterocycles. The monoisotopic (exact) mass is 223 g/mol. The van der Waals surface area contributed by atoms with Crippen molar-refractivity contribution in [2.75, 3.05) is 7.05 Å². The first-order valence-corrected chi connectivity index (χ1v) is 5.27. The summed E-state index contributed by atoms with van der Waals surface area (Å²) in [7, 11) is 1.73. The fourth-order valence-corrected chi connectivity index (χ4v) is 2.52. The fraction of sp³-hybridized carbons (Fsp3) is 0.417. The number of benzene rings is 1. The maximum absolute atomic E-state index is 13.5. The van der Waals surface area contributed by atoms with Gasteiger partial charge in [0.15, 0.2) is 0 Å². The smallest absolute Gasteiger partial charge is 0.305 e. The maximum atomic E-state index is 13.5. The number of nitrogens with one attached hydrogen (secondary N) is 1. The summed E-state index contributed by atoms with van der Waals surface area (Å²) in [5.74, 6) is -1.11. The van der Waals surface area contributed by atoms with Crippen LogP contribution in [-0.4, -0.2) is 18.1 Å². The van der Waals surface area contributed by atoms with Gasteiger partial charge in [0, 0.05) is 0 Å². The number of halogens is 1. The minimum Gasteiger partial charge on any atom is -0.481 e. The molecule has 0 heterocycles. The predicted octanol–water partition coefficient (Wildman–Crippen LogP) is 1.66. The Morgan fingerprint density at radius 2 is 2.38 bits per heavy atom. The summed E-state index contributed by atoms with van der Waals surface area (Å²) in [5, 5.41) is 12.0. The largest absolute Gasteiger partial charge is 0.481 e. The van der Waals surface area contributed by atoms with Crippen LogP contribution < -0.4 is 5.32 Å². The van der Waals surface area contributed by atoms with E-state index in [1.54, 1.807) is 13.1 Å². The van der Waals surface area contributed by atoms with Crippen LogP contribution in [0, 0.1) is 5.82 Å². The second-order valence-corrected chi connectivity index (χ2v) is 4.17. The molecule has 0 radical (unpaired) electrons. The highest BCUT2D eigenvalue weighted by atomic mass is 19.1. The highest BCUT2D eigenvalue weighted by Crippen LogP contribution is 2.40. The van der Waals surface area contributed by atoms with Crippen LogP contribution in [0.4, 0.5) is 4.39 Å². The first-order chi connectivity index (χ1) is 7.59. The van der Waals surface area contributed by atoms with Crippen molar-refractivity contribution in [1.82, 2.24) is 5.32 Å². The molecule has 2 rings (SSSR count). The Kier molecular flexibility index (Phi) is 2.68. The molecule has 1 aliphatic carbocycles. The van der Waals surface area contributed by atoms with E-state index in [2.05, 4.69) is 5.32 Å². The quantitative estimate of drug-likeness (QED) is 0.819. The van der Waals surface area contributed by atoms with Gasteiger partial charge in [-0.15, -0.1) is 0 Å². The summed E-state index contributed by atoms with van der Waals surface area (Å²) in [6, 6.07) is 4.86. The van der Waals surface area contributed by atoms with Gasteiger partial charge in [-0.1, -0.05) is 12.1 Å². The van der Waals surface area contributed by atoms with Crippen LogP contribution in [0.2, 0.25) is 0 Å². The number of carboxylic acid groups (broad SMARTS) is 1. The van der Waals surface area contributed by atoms with E-state index in [4.69, 9.17) is 5.11 Å². The molecule has 0 saturated carbocycles. The normalized spacial score (nSPS) is 23.1. The topological polar surface area (TPSA) is 49.3 Å². The minimum absolute atomic E-state index is 0.0139. The van der Waals surface area contributed by atoms with Crippen LogP contribution in [-0.2, 0) is 16.8 Å². The second-order valence-electron chi connectivity index (χ2n) is 4.17. The third kappa shape index (κ3) is 1.59. The van der Waals surface area contributed by atoms with Gasteiger partial charge in [-0.25, -0.2) is 4.39 Å². The van der Waals surface area contributed by atoms with Gasteiger partial charge in [-0.3, -0.25) is 4.79 Å². The van der Waals surface area contributed by atoms with Gasteiger partial charge in [0.1, 0.15) is 5.82 Å². The molecule has 0 bridgehead atoms. The molecule has 0 aromatic heterocycles. The molecular formula is C12H14FNO2. The second kappa shape index (κ2) is 3.87. The number of aliphatic carboxylic acids is 1. The van der Waals surface area contributed by atoms with Gasteiger partial charge < -0.3 is 10.4 Å². The zero-order valence-electron chi connectivity index (χ0n) is 9.09. The van der Waals surface area contributed by atoms with Crippen molar-refractivity contribution in [3.63, 3.8) is 0 Å². The minimum atomic E-state index is -0.869. The van der Waals surface area contributed by atoms with Gasteiger partial charge in [0.25, 0.3) is 0 Å². The maximum Gasteiger partial charge on any atom is 0.305 e. The van der Waals surface area contributed by atoms with E-state index in [0.717, 1.165) is 5.56 Å². The number of hydrogen-bond donors (Lipinski definition) is 2. The van der Waals surface area contributed by atoms with Crippen LogP contribution >= 0.6 is 0 Å². The van der Waals surface area contributed by atoms with E-state index in [-0.39, 0.29) is 12.2 Å². The summed E-state index contributed by atoms with van der Waals surface area (Å²) in [5.41, 5.74) is 0.832. The summed E-state index contributed by atoms with van der Waals surface area (Å²) in [4.78, 5) is 10.9. The molecule has 2 N–H and O–H groups in total. The van der Waals surface area contributed by atoms with Gasteiger partial charge in [-0.05, 0) is 37.1 Å². The van der Waals surface area contributed by atoms with Crippen molar-refractivity contribution < 1.29 is 14.3 Å². The van der Waals surface area contributed by atoms with Crippen molar-refractivity contribution in [2.24, 2.45) is 0 Å². The average molecular weight is 223 g/mol. The van der Waals surface area contributed by atoms with Crippen molar-refractivity contribution in [3.05, 3.63) is 35.1 Å². The van der Waals surface area contributed by atoms with E-state index in [9.17, 15) is 9.18 Å². The van der Waals surface area contributed by atoms with Crippen LogP contribution in [0.1, 0.15) is 24.0 Å².